The fraction of sp³-hybridized carbons (Fsp3) is 0.394. The number of carbonyl (C=O) groups excluding carboxylic acids is 2. The first-order valence-corrected chi connectivity index (χ1v) is 16.1. The Morgan fingerprint density at radius 3 is 2.30 bits per heavy atom. The third-order valence-electron chi connectivity index (χ3n) is 7.83. The summed E-state index contributed by atoms with van der Waals surface area (Å²) in [5.74, 6) is -0.769. The van der Waals surface area contributed by atoms with Gasteiger partial charge in [0.25, 0.3) is 10.0 Å². The maximum absolute atomic E-state index is 14.2. The first-order valence-electron chi connectivity index (χ1n) is 14.7. The molecule has 8 nitrogen and oxygen atoms in total. The molecule has 1 atom stereocenters. The number of halogens is 1. The standard InChI is InChI=1S/C33H40FN3O5S/c1-4-31(33(39)35-27-10-6-5-7-11-27)36(22-25-9-8-12-29(21-25)42-3)32(38)23-37(28-17-13-24(2)14-18-28)43(40,41)30-19-15-26(34)16-20-30/h8-9,12-21,27,31H,4-7,10-11,22-23H2,1-3H3,(H,35,39)/t31-/m0/s1. The third-order valence-corrected chi connectivity index (χ3v) is 9.62. The number of carbonyl (C=O) groups is 2. The Morgan fingerprint density at radius 2 is 1.67 bits per heavy atom. The normalized spacial score (nSPS) is 14.5. The lowest BCUT2D eigenvalue weighted by atomic mass is 9.95. The first kappa shape index (κ1) is 32.0. The molecule has 1 aliphatic carbocycles. The van der Waals surface area contributed by atoms with Crippen molar-refractivity contribution >= 4 is 27.5 Å². The zero-order valence-electron chi connectivity index (χ0n) is 25.0. The summed E-state index contributed by atoms with van der Waals surface area (Å²) in [5, 5.41) is 3.14. The van der Waals surface area contributed by atoms with Crippen LogP contribution < -0.4 is 14.4 Å². The Hall–Kier alpha value is -3.92. The van der Waals surface area contributed by atoms with Crippen molar-refractivity contribution in [3.8, 4) is 5.75 Å². The number of anilines is 1. The van der Waals surface area contributed by atoms with Crippen LogP contribution in [0.2, 0.25) is 0 Å². The van der Waals surface area contributed by atoms with Gasteiger partial charge in [-0.2, -0.15) is 0 Å². The van der Waals surface area contributed by atoms with E-state index in [1.165, 1.54) is 17.0 Å². The highest BCUT2D eigenvalue weighted by Gasteiger charge is 2.34. The molecule has 230 valence electrons. The molecule has 1 saturated carbocycles. The minimum absolute atomic E-state index is 0.0481. The molecule has 0 bridgehead atoms. The van der Waals surface area contributed by atoms with E-state index in [9.17, 15) is 22.4 Å². The van der Waals surface area contributed by atoms with Crippen molar-refractivity contribution in [3.05, 3.63) is 89.7 Å². The van der Waals surface area contributed by atoms with Gasteiger partial charge in [-0.05, 0) is 80.3 Å². The van der Waals surface area contributed by atoms with Crippen molar-refractivity contribution in [3.63, 3.8) is 0 Å². The lowest BCUT2D eigenvalue weighted by Crippen LogP contribution is -2.54. The van der Waals surface area contributed by atoms with Crippen LogP contribution in [0.1, 0.15) is 56.6 Å². The maximum Gasteiger partial charge on any atom is 0.264 e. The number of rotatable bonds is 12. The van der Waals surface area contributed by atoms with Crippen molar-refractivity contribution in [1.29, 1.82) is 0 Å². The lowest BCUT2D eigenvalue weighted by molar-refractivity contribution is -0.140. The zero-order chi connectivity index (χ0) is 31.0. The average molecular weight is 610 g/mol. The van der Waals surface area contributed by atoms with Gasteiger partial charge in [-0.3, -0.25) is 13.9 Å². The number of benzene rings is 3. The Bertz CT molecular complexity index is 1490. The number of hydrogen-bond donors (Lipinski definition) is 1. The number of hydrogen-bond acceptors (Lipinski definition) is 5. The van der Waals surface area contributed by atoms with E-state index in [2.05, 4.69) is 5.32 Å². The van der Waals surface area contributed by atoms with Crippen LogP contribution >= 0.6 is 0 Å². The molecule has 43 heavy (non-hydrogen) atoms. The van der Waals surface area contributed by atoms with E-state index in [-0.39, 0.29) is 29.1 Å². The first-order chi connectivity index (χ1) is 20.6. The second-order valence-corrected chi connectivity index (χ2v) is 12.8. The van der Waals surface area contributed by atoms with Crippen molar-refractivity contribution < 1.29 is 27.1 Å². The maximum atomic E-state index is 14.2. The number of nitrogens with one attached hydrogen (secondary N) is 1. The monoisotopic (exact) mass is 609 g/mol. The van der Waals surface area contributed by atoms with Crippen LogP contribution in [-0.4, -0.2) is 50.9 Å². The van der Waals surface area contributed by atoms with Crippen LogP contribution in [0.15, 0.2) is 77.7 Å². The summed E-state index contributed by atoms with van der Waals surface area (Å²) < 4.78 is 47.9. The summed E-state index contributed by atoms with van der Waals surface area (Å²) in [6.45, 7) is 3.23. The van der Waals surface area contributed by atoms with Gasteiger partial charge in [0, 0.05) is 12.6 Å². The van der Waals surface area contributed by atoms with E-state index < -0.39 is 34.3 Å². The van der Waals surface area contributed by atoms with Gasteiger partial charge >= 0.3 is 0 Å². The number of aryl methyl sites for hydroxylation is 1. The molecule has 0 aromatic heterocycles. The molecule has 1 N–H and O–H groups in total. The number of sulfonamides is 1. The summed E-state index contributed by atoms with van der Waals surface area (Å²) in [6.07, 6.45) is 5.35. The van der Waals surface area contributed by atoms with Crippen LogP contribution in [0.5, 0.6) is 5.75 Å². The van der Waals surface area contributed by atoms with Crippen LogP contribution in [-0.2, 0) is 26.2 Å². The van der Waals surface area contributed by atoms with Gasteiger partial charge in [-0.1, -0.05) is 56.0 Å². The van der Waals surface area contributed by atoms with Gasteiger partial charge in [-0.15, -0.1) is 0 Å². The molecule has 4 rings (SSSR count). The fourth-order valence-corrected chi connectivity index (χ4v) is 6.82. The van der Waals surface area contributed by atoms with E-state index in [4.69, 9.17) is 4.74 Å². The number of amides is 2. The third kappa shape index (κ3) is 8.13. The van der Waals surface area contributed by atoms with E-state index >= 15 is 0 Å². The second kappa shape index (κ2) is 14.5. The largest absolute Gasteiger partial charge is 0.497 e. The lowest BCUT2D eigenvalue weighted by Gasteiger charge is -2.34. The molecule has 0 saturated heterocycles. The summed E-state index contributed by atoms with van der Waals surface area (Å²) in [7, 11) is -2.72. The highest BCUT2D eigenvalue weighted by molar-refractivity contribution is 7.92. The minimum atomic E-state index is -4.27. The molecule has 0 spiro atoms. The van der Waals surface area contributed by atoms with E-state index in [0.717, 1.165) is 59.7 Å². The van der Waals surface area contributed by atoms with Gasteiger partial charge in [0.2, 0.25) is 11.8 Å². The van der Waals surface area contributed by atoms with Crippen molar-refractivity contribution in [2.24, 2.45) is 0 Å². The van der Waals surface area contributed by atoms with E-state index in [0.29, 0.717) is 12.2 Å². The van der Waals surface area contributed by atoms with Crippen molar-refractivity contribution in [2.45, 2.75) is 75.9 Å². The molecule has 10 heteroatoms. The Morgan fingerprint density at radius 1 is 1.00 bits per heavy atom. The van der Waals surface area contributed by atoms with Gasteiger partial charge < -0.3 is 15.0 Å². The smallest absolute Gasteiger partial charge is 0.264 e. The quantitative estimate of drug-likeness (QED) is 0.289. The minimum Gasteiger partial charge on any atom is -0.497 e. The highest BCUT2D eigenvalue weighted by Crippen LogP contribution is 2.26. The second-order valence-electron chi connectivity index (χ2n) is 10.9. The predicted molar refractivity (Wildman–Crippen MR) is 165 cm³/mol. The molecular weight excluding hydrogens is 569 g/mol. The van der Waals surface area contributed by atoms with Crippen LogP contribution in [0, 0.1) is 12.7 Å². The van der Waals surface area contributed by atoms with Crippen molar-refractivity contribution in [1.82, 2.24) is 10.2 Å². The predicted octanol–water partition coefficient (Wildman–Crippen LogP) is 5.59. The molecular formula is C33H40FN3O5S. The summed E-state index contributed by atoms with van der Waals surface area (Å²) in [6, 6.07) is 17.7. The average Bonchev–Trinajstić information content (AvgIpc) is 3.01. The van der Waals surface area contributed by atoms with Crippen LogP contribution in [0.25, 0.3) is 0 Å². The summed E-state index contributed by atoms with van der Waals surface area (Å²) in [5.41, 5.74) is 1.93. The fourth-order valence-electron chi connectivity index (χ4n) is 5.40. The SMILES string of the molecule is CC[C@@H](C(=O)NC1CCCCC1)N(Cc1cccc(OC)c1)C(=O)CN(c1ccc(C)cc1)S(=O)(=O)c1ccc(F)cc1. The molecule has 0 heterocycles. The molecule has 1 fully saturated rings. The van der Waals surface area contributed by atoms with E-state index in [1.54, 1.807) is 49.6 Å². The Kier molecular flexibility index (Phi) is 10.8. The number of methoxy groups -OCH3 is 1. The molecule has 0 unspecified atom stereocenters. The number of nitrogens with zero attached hydrogens (tertiary/aromatic N) is 2. The molecule has 2 amide bonds. The topological polar surface area (TPSA) is 96.0 Å². The molecule has 0 radical (unpaired) electrons. The van der Waals surface area contributed by atoms with Crippen molar-refractivity contribution in [2.75, 3.05) is 18.0 Å². The van der Waals surface area contributed by atoms with Gasteiger partial charge in [0.1, 0.15) is 24.2 Å². The van der Waals surface area contributed by atoms with Gasteiger partial charge in [0.15, 0.2) is 0 Å². The molecule has 1 aliphatic rings. The number of ether oxygens (including phenoxy) is 1. The zero-order valence-corrected chi connectivity index (χ0v) is 25.8. The Labute approximate surface area is 253 Å². The van der Waals surface area contributed by atoms with Gasteiger partial charge in [0.05, 0.1) is 17.7 Å². The summed E-state index contributed by atoms with van der Waals surface area (Å²) in [4.78, 5) is 29.2. The molecule has 3 aromatic carbocycles. The van der Waals surface area contributed by atoms with Crippen LogP contribution in [0.4, 0.5) is 10.1 Å². The molecule has 0 aliphatic heterocycles. The Balaban J connectivity index is 1.71. The molecule has 3 aromatic rings. The highest BCUT2D eigenvalue weighted by atomic mass is 32.2. The summed E-state index contributed by atoms with van der Waals surface area (Å²) >= 11 is 0. The van der Waals surface area contributed by atoms with E-state index in [1.807, 2.05) is 19.9 Å². The van der Waals surface area contributed by atoms with Gasteiger partial charge in [-0.25, -0.2) is 12.8 Å². The van der Waals surface area contributed by atoms with Crippen LogP contribution in [0.3, 0.4) is 0 Å².